The third-order valence-corrected chi connectivity index (χ3v) is 3.49. The van der Waals surface area contributed by atoms with E-state index in [0.717, 1.165) is 0 Å². The first-order valence-corrected chi connectivity index (χ1v) is 9.49. The van der Waals surface area contributed by atoms with E-state index in [1.165, 1.54) is 0 Å². The van der Waals surface area contributed by atoms with Crippen molar-refractivity contribution in [2.24, 2.45) is 0 Å². The molecule has 0 aliphatic heterocycles. The predicted molar refractivity (Wildman–Crippen MR) is 101 cm³/mol. The molecule has 0 bridgehead atoms. The van der Waals surface area contributed by atoms with E-state index in [0.29, 0.717) is 39.6 Å². The van der Waals surface area contributed by atoms with Crippen molar-refractivity contribution >= 4 is 0 Å². The molecule has 7 nitrogen and oxygen atoms in total. The highest BCUT2D eigenvalue weighted by Crippen LogP contribution is 2.03. The van der Waals surface area contributed by atoms with Gasteiger partial charge in [0.15, 0.2) is 0 Å². The third-order valence-electron chi connectivity index (χ3n) is 3.49. The molecule has 0 aromatic rings. The summed E-state index contributed by atoms with van der Waals surface area (Å²) in [6, 6.07) is 0. The van der Waals surface area contributed by atoms with Gasteiger partial charge >= 0.3 is 0 Å². The molecule has 6 atom stereocenters. The zero-order valence-electron chi connectivity index (χ0n) is 17.6. The van der Waals surface area contributed by atoms with Crippen LogP contribution in [0.1, 0.15) is 41.5 Å². The van der Waals surface area contributed by atoms with Gasteiger partial charge < -0.3 is 33.5 Å². The van der Waals surface area contributed by atoms with Crippen LogP contribution >= 0.6 is 0 Å². The van der Waals surface area contributed by atoms with Crippen molar-refractivity contribution < 1.29 is 33.5 Å². The Labute approximate surface area is 159 Å². The van der Waals surface area contributed by atoms with E-state index in [1.807, 2.05) is 34.6 Å². The van der Waals surface area contributed by atoms with Crippen molar-refractivity contribution in [3.05, 3.63) is 0 Å². The van der Waals surface area contributed by atoms with Crippen LogP contribution in [0.15, 0.2) is 0 Å². The lowest BCUT2D eigenvalue weighted by Crippen LogP contribution is -2.29. The van der Waals surface area contributed by atoms with Crippen LogP contribution in [0.5, 0.6) is 0 Å². The first-order chi connectivity index (χ1) is 12.2. The highest BCUT2D eigenvalue weighted by atomic mass is 16.6. The molecule has 0 aliphatic carbocycles. The molecular weight excluding hydrogens is 340 g/mol. The van der Waals surface area contributed by atoms with E-state index in [4.69, 9.17) is 28.4 Å². The molecule has 0 heterocycles. The Bertz CT molecular complexity index is 314. The van der Waals surface area contributed by atoms with Gasteiger partial charge in [-0.1, -0.05) is 0 Å². The van der Waals surface area contributed by atoms with Gasteiger partial charge in [-0.2, -0.15) is 0 Å². The van der Waals surface area contributed by atoms with E-state index in [9.17, 15) is 5.11 Å². The average molecular weight is 381 g/mol. The van der Waals surface area contributed by atoms with E-state index in [1.54, 1.807) is 14.0 Å². The number of hydrogen-bond acceptors (Lipinski definition) is 7. The van der Waals surface area contributed by atoms with Gasteiger partial charge in [-0.3, -0.25) is 0 Å². The van der Waals surface area contributed by atoms with Gasteiger partial charge in [0.05, 0.1) is 76.3 Å². The van der Waals surface area contributed by atoms with Gasteiger partial charge in [0, 0.05) is 7.11 Å². The lowest BCUT2D eigenvalue weighted by molar-refractivity contribution is -0.101. The Morgan fingerprint density at radius 3 is 1.04 bits per heavy atom. The Kier molecular flexibility index (Phi) is 15.6. The normalized spacial score (nSPS) is 18.9. The van der Waals surface area contributed by atoms with Gasteiger partial charge in [0.2, 0.25) is 0 Å². The van der Waals surface area contributed by atoms with Crippen molar-refractivity contribution in [1.82, 2.24) is 0 Å². The standard InChI is InChI=1S/C19H40O7/c1-14(20)8-22-16(3)10-24-18(5)12-26-19(6)13-25-17(4)11-23-15(2)9-21-7/h14-20H,8-13H2,1-7H3. The van der Waals surface area contributed by atoms with Crippen LogP contribution in [0.2, 0.25) is 0 Å². The molecule has 158 valence electrons. The van der Waals surface area contributed by atoms with Gasteiger partial charge in [-0.15, -0.1) is 0 Å². The monoisotopic (exact) mass is 380 g/mol. The molecular formula is C19H40O7. The third kappa shape index (κ3) is 15.9. The zero-order valence-corrected chi connectivity index (χ0v) is 17.6. The fourth-order valence-electron chi connectivity index (χ4n) is 1.98. The van der Waals surface area contributed by atoms with Crippen LogP contribution in [0.4, 0.5) is 0 Å². The van der Waals surface area contributed by atoms with Crippen molar-refractivity contribution in [2.45, 2.75) is 78.2 Å². The number of aliphatic hydroxyl groups is 1. The maximum atomic E-state index is 9.19. The SMILES string of the molecule is COCC(C)OCC(C)OCC(C)OCC(C)OCC(C)OCC(C)O. The molecule has 0 saturated heterocycles. The molecule has 7 heteroatoms. The maximum absolute atomic E-state index is 9.19. The first kappa shape index (κ1) is 25.7. The van der Waals surface area contributed by atoms with Gasteiger partial charge in [-0.25, -0.2) is 0 Å². The minimum absolute atomic E-state index is 0.000874. The van der Waals surface area contributed by atoms with Crippen LogP contribution in [-0.2, 0) is 28.4 Å². The second kappa shape index (κ2) is 15.7. The van der Waals surface area contributed by atoms with Gasteiger partial charge in [-0.05, 0) is 41.5 Å². The molecule has 0 saturated carbocycles. The second-order valence-corrected chi connectivity index (χ2v) is 7.02. The number of rotatable bonds is 17. The van der Waals surface area contributed by atoms with E-state index in [2.05, 4.69) is 0 Å². The molecule has 1 N–H and O–H groups in total. The summed E-state index contributed by atoms with van der Waals surface area (Å²) in [5.41, 5.74) is 0. The summed E-state index contributed by atoms with van der Waals surface area (Å²) in [5, 5.41) is 9.19. The number of methoxy groups -OCH3 is 1. The summed E-state index contributed by atoms with van der Waals surface area (Å²) in [7, 11) is 1.66. The first-order valence-electron chi connectivity index (χ1n) is 9.49. The molecule has 0 rings (SSSR count). The molecule has 0 fully saturated rings. The van der Waals surface area contributed by atoms with Crippen molar-refractivity contribution in [1.29, 1.82) is 0 Å². The molecule has 0 aromatic heterocycles. The van der Waals surface area contributed by atoms with Crippen LogP contribution in [-0.4, -0.2) is 88.5 Å². The van der Waals surface area contributed by atoms with E-state index >= 15 is 0 Å². The second-order valence-electron chi connectivity index (χ2n) is 7.02. The summed E-state index contributed by atoms with van der Waals surface area (Å²) in [6.07, 6.45) is -0.524. The lowest BCUT2D eigenvalue weighted by atomic mass is 10.3. The van der Waals surface area contributed by atoms with Crippen LogP contribution < -0.4 is 0 Å². The number of ether oxygens (including phenoxy) is 6. The summed E-state index contributed by atoms with van der Waals surface area (Å²) >= 11 is 0. The molecule has 0 aromatic carbocycles. The maximum Gasteiger partial charge on any atom is 0.0781 e. The summed E-state index contributed by atoms with van der Waals surface area (Å²) in [5.74, 6) is 0. The van der Waals surface area contributed by atoms with Crippen molar-refractivity contribution in [3.8, 4) is 0 Å². The zero-order chi connectivity index (χ0) is 19.9. The highest BCUT2D eigenvalue weighted by molar-refractivity contribution is 4.58. The summed E-state index contributed by atoms with van der Waals surface area (Å²) in [6.45, 7) is 14.4. The quantitative estimate of drug-likeness (QED) is 0.414. The Morgan fingerprint density at radius 1 is 0.500 bits per heavy atom. The number of hydrogen-bond donors (Lipinski definition) is 1. The van der Waals surface area contributed by atoms with Crippen molar-refractivity contribution in [3.63, 3.8) is 0 Å². The Morgan fingerprint density at radius 2 is 0.769 bits per heavy atom. The van der Waals surface area contributed by atoms with Crippen LogP contribution in [0.3, 0.4) is 0 Å². The molecule has 0 aliphatic rings. The van der Waals surface area contributed by atoms with Gasteiger partial charge in [0.25, 0.3) is 0 Å². The average Bonchev–Trinajstić information content (AvgIpc) is 2.59. The minimum atomic E-state index is -0.463. The van der Waals surface area contributed by atoms with Crippen LogP contribution in [0, 0.1) is 0 Å². The Balaban J connectivity index is 3.72. The molecule has 0 amide bonds. The molecule has 6 unspecified atom stereocenters. The fraction of sp³-hybridized carbons (Fsp3) is 1.00. The van der Waals surface area contributed by atoms with E-state index < -0.39 is 6.10 Å². The largest absolute Gasteiger partial charge is 0.391 e. The topological polar surface area (TPSA) is 75.6 Å². The summed E-state index contributed by atoms with van der Waals surface area (Å²) in [4.78, 5) is 0. The van der Waals surface area contributed by atoms with Crippen LogP contribution in [0.25, 0.3) is 0 Å². The Hall–Kier alpha value is -0.280. The number of aliphatic hydroxyl groups excluding tert-OH is 1. The molecule has 26 heavy (non-hydrogen) atoms. The summed E-state index contributed by atoms with van der Waals surface area (Å²) < 4.78 is 33.3. The lowest BCUT2D eigenvalue weighted by Gasteiger charge is -2.22. The van der Waals surface area contributed by atoms with E-state index in [-0.39, 0.29) is 30.5 Å². The fourth-order valence-corrected chi connectivity index (χ4v) is 1.98. The molecule has 0 spiro atoms. The smallest absolute Gasteiger partial charge is 0.0781 e. The highest BCUT2D eigenvalue weighted by Gasteiger charge is 2.12. The molecule has 0 radical (unpaired) electrons. The van der Waals surface area contributed by atoms with Gasteiger partial charge in [0.1, 0.15) is 0 Å². The predicted octanol–water partition coefficient (Wildman–Crippen LogP) is 2.04. The van der Waals surface area contributed by atoms with Crippen molar-refractivity contribution in [2.75, 3.05) is 46.8 Å². The minimum Gasteiger partial charge on any atom is -0.391 e.